The molecule has 0 atom stereocenters. The summed E-state index contributed by atoms with van der Waals surface area (Å²) in [5.41, 5.74) is 6.29. The number of ether oxygens (including phenoxy) is 1. The van der Waals surface area contributed by atoms with E-state index in [1.165, 1.54) is 18.3 Å². The first-order valence-corrected chi connectivity index (χ1v) is 6.04. The van der Waals surface area contributed by atoms with Gasteiger partial charge in [-0.1, -0.05) is 15.9 Å². The van der Waals surface area contributed by atoms with Gasteiger partial charge in [0.2, 0.25) is 0 Å². The second-order valence-corrected chi connectivity index (χ2v) is 4.41. The Labute approximate surface area is 111 Å². The first kappa shape index (κ1) is 12.8. The zero-order chi connectivity index (χ0) is 13.3. The molecular formula is C12H10BrFN2O2. The van der Waals surface area contributed by atoms with Crippen LogP contribution in [0.1, 0.15) is 17.3 Å². The molecule has 2 aromatic rings. The summed E-state index contributed by atoms with van der Waals surface area (Å²) in [5.74, 6) is -1.06. The lowest BCUT2D eigenvalue weighted by atomic mass is 10.1. The average molecular weight is 313 g/mol. The second kappa shape index (κ2) is 4.89. The van der Waals surface area contributed by atoms with Crippen LogP contribution in [0.2, 0.25) is 0 Å². The molecule has 0 unspecified atom stereocenters. The van der Waals surface area contributed by atoms with Crippen LogP contribution in [0, 0.1) is 5.82 Å². The zero-order valence-electron chi connectivity index (χ0n) is 9.54. The number of hydrogen-bond donors (Lipinski definition) is 1. The number of nitrogen functional groups attached to an aromatic ring is 1. The van der Waals surface area contributed by atoms with E-state index >= 15 is 0 Å². The quantitative estimate of drug-likeness (QED) is 0.866. The van der Waals surface area contributed by atoms with Gasteiger partial charge in [-0.15, -0.1) is 0 Å². The first-order valence-electron chi connectivity index (χ1n) is 5.25. The molecule has 0 aliphatic rings. The van der Waals surface area contributed by atoms with Crippen LogP contribution in [-0.2, 0) is 4.74 Å². The number of anilines is 1. The Balaban J connectivity index is 2.71. The van der Waals surface area contributed by atoms with E-state index in [4.69, 9.17) is 10.5 Å². The Kier molecular flexibility index (Phi) is 3.47. The fraction of sp³-hybridized carbons (Fsp3) is 0.167. The fourth-order valence-corrected chi connectivity index (χ4v) is 2.16. The monoisotopic (exact) mass is 312 g/mol. The van der Waals surface area contributed by atoms with Crippen molar-refractivity contribution in [2.75, 3.05) is 12.3 Å². The van der Waals surface area contributed by atoms with Crippen molar-refractivity contribution in [2.45, 2.75) is 6.92 Å². The maximum atomic E-state index is 13.6. The van der Waals surface area contributed by atoms with Gasteiger partial charge in [0.05, 0.1) is 12.3 Å². The second-order valence-electron chi connectivity index (χ2n) is 3.56. The average Bonchev–Trinajstić information content (AvgIpc) is 2.34. The Morgan fingerprint density at radius 1 is 1.56 bits per heavy atom. The number of carbonyl (C=O) groups excluding carboxylic acids is 1. The van der Waals surface area contributed by atoms with Crippen LogP contribution in [0.15, 0.2) is 22.8 Å². The molecule has 2 rings (SSSR count). The molecule has 0 aliphatic heterocycles. The summed E-state index contributed by atoms with van der Waals surface area (Å²) in [6.07, 6.45) is 1.23. The van der Waals surface area contributed by atoms with Gasteiger partial charge in [0, 0.05) is 16.1 Å². The third-order valence-corrected chi connectivity index (χ3v) is 3.12. The Morgan fingerprint density at radius 3 is 2.94 bits per heavy atom. The third kappa shape index (κ3) is 2.03. The number of rotatable bonds is 2. The van der Waals surface area contributed by atoms with Crippen molar-refractivity contribution in [3.8, 4) is 0 Å². The number of nitrogens with two attached hydrogens (primary N) is 1. The van der Waals surface area contributed by atoms with E-state index in [1.54, 1.807) is 6.92 Å². The van der Waals surface area contributed by atoms with Gasteiger partial charge < -0.3 is 10.5 Å². The third-order valence-electron chi connectivity index (χ3n) is 2.46. The molecule has 0 aliphatic carbocycles. The van der Waals surface area contributed by atoms with Crippen molar-refractivity contribution in [1.29, 1.82) is 0 Å². The Morgan fingerprint density at radius 2 is 2.28 bits per heavy atom. The van der Waals surface area contributed by atoms with E-state index in [1.807, 2.05) is 0 Å². The molecule has 1 heterocycles. The van der Waals surface area contributed by atoms with Gasteiger partial charge in [0.15, 0.2) is 0 Å². The SMILES string of the molecule is CCOC(=O)c1cnc2c(F)ccc(Br)c2c1N. The number of pyridine rings is 1. The largest absolute Gasteiger partial charge is 0.462 e. The normalized spacial score (nSPS) is 10.6. The van der Waals surface area contributed by atoms with E-state index in [-0.39, 0.29) is 23.4 Å². The van der Waals surface area contributed by atoms with E-state index in [9.17, 15) is 9.18 Å². The number of benzene rings is 1. The van der Waals surface area contributed by atoms with Gasteiger partial charge >= 0.3 is 5.97 Å². The van der Waals surface area contributed by atoms with Crippen LogP contribution in [0.3, 0.4) is 0 Å². The smallest absolute Gasteiger partial charge is 0.341 e. The standard InChI is InChI=1S/C12H10BrFN2O2/c1-2-18-12(17)6-5-16-11-8(14)4-3-7(13)9(11)10(6)15/h3-5H,2H2,1H3,(H2,15,16). The van der Waals surface area contributed by atoms with E-state index in [0.29, 0.717) is 9.86 Å². The van der Waals surface area contributed by atoms with Crippen molar-refractivity contribution >= 4 is 38.5 Å². The molecular weight excluding hydrogens is 303 g/mol. The van der Waals surface area contributed by atoms with E-state index in [2.05, 4.69) is 20.9 Å². The van der Waals surface area contributed by atoms with Crippen molar-refractivity contribution in [1.82, 2.24) is 4.98 Å². The molecule has 6 heteroatoms. The summed E-state index contributed by atoms with van der Waals surface area (Å²) >= 11 is 3.27. The zero-order valence-corrected chi connectivity index (χ0v) is 11.1. The molecule has 1 aromatic heterocycles. The molecule has 4 nitrogen and oxygen atoms in total. The van der Waals surface area contributed by atoms with Crippen LogP contribution >= 0.6 is 15.9 Å². The van der Waals surface area contributed by atoms with Crippen molar-refractivity contribution in [2.24, 2.45) is 0 Å². The predicted octanol–water partition coefficient (Wildman–Crippen LogP) is 2.90. The highest BCUT2D eigenvalue weighted by molar-refractivity contribution is 9.10. The highest BCUT2D eigenvalue weighted by atomic mass is 79.9. The molecule has 0 saturated carbocycles. The molecule has 0 bridgehead atoms. The summed E-state index contributed by atoms with van der Waals surface area (Å²) in [6.45, 7) is 1.93. The summed E-state index contributed by atoms with van der Waals surface area (Å²) in [4.78, 5) is 15.6. The van der Waals surface area contributed by atoms with Crippen LogP contribution in [0.5, 0.6) is 0 Å². The molecule has 18 heavy (non-hydrogen) atoms. The molecule has 0 fully saturated rings. The highest BCUT2D eigenvalue weighted by Gasteiger charge is 2.17. The molecule has 0 amide bonds. The van der Waals surface area contributed by atoms with Crippen molar-refractivity contribution in [3.05, 3.63) is 34.2 Å². The van der Waals surface area contributed by atoms with E-state index in [0.717, 1.165) is 0 Å². The van der Waals surface area contributed by atoms with Crippen molar-refractivity contribution < 1.29 is 13.9 Å². The lowest BCUT2D eigenvalue weighted by Crippen LogP contribution is -2.09. The number of esters is 1. The number of nitrogens with zero attached hydrogens (tertiary/aromatic N) is 1. The van der Waals surface area contributed by atoms with Crippen LogP contribution < -0.4 is 5.73 Å². The lowest BCUT2D eigenvalue weighted by molar-refractivity contribution is 0.0527. The molecule has 0 spiro atoms. The summed E-state index contributed by atoms with van der Waals surface area (Å²) in [7, 11) is 0. The minimum Gasteiger partial charge on any atom is -0.462 e. The summed E-state index contributed by atoms with van der Waals surface area (Å²) < 4.78 is 19.0. The van der Waals surface area contributed by atoms with Gasteiger partial charge in [-0.25, -0.2) is 9.18 Å². The number of halogens is 2. The minimum absolute atomic E-state index is 0.120. The van der Waals surface area contributed by atoms with Gasteiger partial charge in [-0.05, 0) is 19.1 Å². The fourth-order valence-electron chi connectivity index (χ4n) is 1.63. The van der Waals surface area contributed by atoms with E-state index < -0.39 is 11.8 Å². The molecule has 94 valence electrons. The number of carbonyl (C=O) groups is 1. The lowest BCUT2D eigenvalue weighted by Gasteiger charge is -2.09. The molecule has 0 saturated heterocycles. The Hall–Kier alpha value is -1.69. The summed E-state index contributed by atoms with van der Waals surface area (Å²) in [6, 6.07) is 2.80. The van der Waals surface area contributed by atoms with Gasteiger partial charge in [-0.3, -0.25) is 4.98 Å². The number of aromatic nitrogens is 1. The van der Waals surface area contributed by atoms with Crippen LogP contribution in [0.4, 0.5) is 10.1 Å². The summed E-state index contributed by atoms with van der Waals surface area (Å²) in [5, 5.41) is 0.376. The number of hydrogen-bond acceptors (Lipinski definition) is 4. The first-order chi connectivity index (χ1) is 8.56. The number of fused-ring (bicyclic) bond motifs is 1. The molecule has 0 radical (unpaired) electrons. The molecule has 1 aromatic carbocycles. The Bertz CT molecular complexity index is 631. The van der Waals surface area contributed by atoms with Gasteiger partial charge in [-0.2, -0.15) is 0 Å². The van der Waals surface area contributed by atoms with Crippen LogP contribution in [-0.4, -0.2) is 17.6 Å². The topological polar surface area (TPSA) is 65.2 Å². The molecule has 2 N–H and O–H groups in total. The highest BCUT2D eigenvalue weighted by Crippen LogP contribution is 2.31. The van der Waals surface area contributed by atoms with Crippen LogP contribution in [0.25, 0.3) is 10.9 Å². The minimum atomic E-state index is -0.569. The van der Waals surface area contributed by atoms with Gasteiger partial charge in [0.25, 0.3) is 0 Å². The van der Waals surface area contributed by atoms with Crippen molar-refractivity contribution in [3.63, 3.8) is 0 Å². The maximum Gasteiger partial charge on any atom is 0.341 e. The maximum absolute atomic E-state index is 13.6. The van der Waals surface area contributed by atoms with Gasteiger partial charge in [0.1, 0.15) is 16.9 Å². The predicted molar refractivity (Wildman–Crippen MR) is 69.8 cm³/mol.